The molecule has 132 valence electrons. The molecule has 0 aliphatic heterocycles. The maximum atomic E-state index is 5.54. The van der Waals surface area contributed by atoms with Crippen LogP contribution in [-0.4, -0.2) is 19.5 Å². The van der Waals surface area contributed by atoms with Crippen LogP contribution in [0.2, 0.25) is 0 Å². The lowest BCUT2D eigenvalue weighted by Gasteiger charge is -2.15. The van der Waals surface area contributed by atoms with Gasteiger partial charge in [0.2, 0.25) is 0 Å². The van der Waals surface area contributed by atoms with Gasteiger partial charge in [-0.2, -0.15) is 0 Å². The lowest BCUT2D eigenvalue weighted by atomic mass is 10.1. The van der Waals surface area contributed by atoms with Gasteiger partial charge in [0.05, 0.1) is 0 Å². The average Bonchev–Trinajstić information content (AvgIpc) is 2.52. The fourth-order valence-electron chi connectivity index (χ4n) is 2.62. The van der Waals surface area contributed by atoms with E-state index in [1.54, 1.807) is 0 Å². The molecule has 0 saturated heterocycles. The minimum atomic E-state index is -0.00360. The fraction of sp³-hybridized carbons (Fsp3) is 0.900. The molecule has 0 saturated carbocycles. The summed E-state index contributed by atoms with van der Waals surface area (Å²) >= 11 is 0. The van der Waals surface area contributed by atoms with E-state index in [-0.39, 0.29) is 6.29 Å². The predicted octanol–water partition coefficient (Wildman–Crippen LogP) is 6.64. The average molecular weight is 313 g/mol. The van der Waals surface area contributed by atoms with E-state index in [1.807, 2.05) is 13.8 Å². The van der Waals surface area contributed by atoms with Crippen molar-refractivity contribution in [3.05, 3.63) is 12.2 Å². The third-order valence-electron chi connectivity index (χ3n) is 3.91. The lowest BCUT2D eigenvalue weighted by Crippen LogP contribution is -2.16. The smallest absolute Gasteiger partial charge is 0.157 e. The molecule has 0 aromatic rings. The highest BCUT2D eigenvalue weighted by Gasteiger charge is 2.05. The highest BCUT2D eigenvalue weighted by Crippen LogP contribution is 2.11. The number of allylic oxidation sites excluding steroid dienone is 2. The van der Waals surface area contributed by atoms with Gasteiger partial charge in [0.25, 0.3) is 0 Å². The number of hydrogen-bond acceptors (Lipinski definition) is 2. The molecule has 22 heavy (non-hydrogen) atoms. The van der Waals surface area contributed by atoms with Gasteiger partial charge in [-0.05, 0) is 46.0 Å². The molecular weight excluding hydrogens is 272 g/mol. The first-order valence-corrected chi connectivity index (χ1v) is 9.73. The second kappa shape index (κ2) is 18.7. The molecule has 0 atom stereocenters. The van der Waals surface area contributed by atoms with E-state index in [0.29, 0.717) is 0 Å². The third-order valence-corrected chi connectivity index (χ3v) is 3.91. The fourth-order valence-corrected chi connectivity index (χ4v) is 2.62. The molecular formula is C20H40O2. The largest absolute Gasteiger partial charge is 0.353 e. The van der Waals surface area contributed by atoms with Gasteiger partial charge in [-0.15, -0.1) is 0 Å². The van der Waals surface area contributed by atoms with E-state index in [9.17, 15) is 0 Å². The highest BCUT2D eigenvalue weighted by molar-refractivity contribution is 4.81. The molecule has 0 fully saturated rings. The summed E-state index contributed by atoms with van der Waals surface area (Å²) < 4.78 is 11.1. The SMILES string of the molecule is CCCCCCCCCCC=CCCCC(OCC)OCC. The van der Waals surface area contributed by atoms with Crippen LogP contribution in [0.25, 0.3) is 0 Å². The zero-order chi connectivity index (χ0) is 16.3. The summed E-state index contributed by atoms with van der Waals surface area (Å²) in [6.07, 6.45) is 20.5. The van der Waals surface area contributed by atoms with Crippen LogP contribution < -0.4 is 0 Å². The van der Waals surface area contributed by atoms with E-state index in [0.717, 1.165) is 32.5 Å². The molecule has 0 rings (SSSR count). The van der Waals surface area contributed by atoms with Gasteiger partial charge in [-0.1, -0.05) is 64.0 Å². The molecule has 2 heteroatoms. The normalized spacial score (nSPS) is 11.8. The quantitative estimate of drug-likeness (QED) is 0.170. The molecule has 0 unspecified atom stereocenters. The molecule has 0 bridgehead atoms. The van der Waals surface area contributed by atoms with Crippen molar-refractivity contribution >= 4 is 0 Å². The van der Waals surface area contributed by atoms with E-state index >= 15 is 0 Å². The molecule has 2 nitrogen and oxygen atoms in total. The summed E-state index contributed by atoms with van der Waals surface area (Å²) in [5.74, 6) is 0. The molecule has 0 amide bonds. The van der Waals surface area contributed by atoms with Gasteiger partial charge >= 0.3 is 0 Å². The summed E-state index contributed by atoms with van der Waals surface area (Å²) in [5.41, 5.74) is 0. The van der Waals surface area contributed by atoms with Crippen molar-refractivity contribution in [3.8, 4) is 0 Å². The van der Waals surface area contributed by atoms with Crippen LogP contribution in [-0.2, 0) is 9.47 Å². The van der Waals surface area contributed by atoms with E-state index < -0.39 is 0 Å². The summed E-state index contributed by atoms with van der Waals surface area (Å²) in [4.78, 5) is 0. The summed E-state index contributed by atoms with van der Waals surface area (Å²) in [5, 5.41) is 0. The minimum absolute atomic E-state index is 0.00360. The third kappa shape index (κ3) is 16.0. The van der Waals surface area contributed by atoms with Gasteiger partial charge in [-0.25, -0.2) is 0 Å². The molecule has 0 spiro atoms. The Bertz CT molecular complexity index is 220. The molecule has 0 N–H and O–H groups in total. The first kappa shape index (κ1) is 21.7. The number of rotatable bonds is 17. The Kier molecular flexibility index (Phi) is 18.4. The van der Waals surface area contributed by atoms with Gasteiger partial charge in [-0.3, -0.25) is 0 Å². The summed E-state index contributed by atoms with van der Waals surface area (Å²) in [6, 6.07) is 0. The van der Waals surface area contributed by atoms with Crippen LogP contribution >= 0.6 is 0 Å². The molecule has 0 aliphatic rings. The van der Waals surface area contributed by atoms with Gasteiger partial charge in [0.1, 0.15) is 0 Å². The Labute approximate surface area is 139 Å². The number of hydrogen-bond donors (Lipinski definition) is 0. The van der Waals surface area contributed by atoms with Crippen LogP contribution in [0.15, 0.2) is 12.2 Å². The number of unbranched alkanes of at least 4 members (excludes halogenated alkanes) is 9. The van der Waals surface area contributed by atoms with E-state index in [1.165, 1.54) is 57.8 Å². The first-order chi connectivity index (χ1) is 10.8. The summed E-state index contributed by atoms with van der Waals surface area (Å²) in [7, 11) is 0. The Morgan fingerprint density at radius 1 is 0.636 bits per heavy atom. The van der Waals surface area contributed by atoms with Gasteiger partial charge < -0.3 is 9.47 Å². The van der Waals surface area contributed by atoms with Crippen molar-refractivity contribution < 1.29 is 9.47 Å². The van der Waals surface area contributed by atoms with Crippen molar-refractivity contribution in [1.82, 2.24) is 0 Å². The molecule has 0 aliphatic carbocycles. The van der Waals surface area contributed by atoms with Crippen molar-refractivity contribution in [2.24, 2.45) is 0 Å². The van der Waals surface area contributed by atoms with Crippen molar-refractivity contribution in [3.63, 3.8) is 0 Å². The standard InChI is InChI=1S/C20H40O2/c1-4-7-8-9-10-11-12-13-14-15-16-17-18-19-20(21-5-2)22-6-3/h15-16,20H,4-14,17-19H2,1-3H3. The number of ether oxygens (including phenoxy) is 2. The Hall–Kier alpha value is -0.340. The van der Waals surface area contributed by atoms with Crippen LogP contribution in [0.1, 0.15) is 97.8 Å². The maximum Gasteiger partial charge on any atom is 0.157 e. The molecule has 0 radical (unpaired) electrons. The van der Waals surface area contributed by atoms with Gasteiger partial charge in [0, 0.05) is 13.2 Å². The Morgan fingerprint density at radius 2 is 1.14 bits per heavy atom. The van der Waals surface area contributed by atoms with Crippen molar-refractivity contribution in [2.75, 3.05) is 13.2 Å². The predicted molar refractivity (Wildman–Crippen MR) is 97.3 cm³/mol. The second-order valence-electron chi connectivity index (χ2n) is 6.01. The van der Waals surface area contributed by atoms with Crippen LogP contribution in [0, 0.1) is 0 Å². The van der Waals surface area contributed by atoms with Crippen molar-refractivity contribution in [1.29, 1.82) is 0 Å². The zero-order valence-corrected chi connectivity index (χ0v) is 15.4. The second-order valence-corrected chi connectivity index (χ2v) is 6.01. The van der Waals surface area contributed by atoms with Gasteiger partial charge in [0.15, 0.2) is 6.29 Å². The molecule has 0 heterocycles. The van der Waals surface area contributed by atoms with E-state index in [4.69, 9.17) is 9.47 Å². The maximum absolute atomic E-state index is 5.54. The summed E-state index contributed by atoms with van der Waals surface area (Å²) in [6.45, 7) is 7.80. The zero-order valence-electron chi connectivity index (χ0n) is 15.4. The topological polar surface area (TPSA) is 18.5 Å². The Balaban J connectivity index is 3.29. The van der Waals surface area contributed by atoms with Crippen LogP contribution in [0.3, 0.4) is 0 Å². The minimum Gasteiger partial charge on any atom is -0.353 e. The van der Waals surface area contributed by atoms with Crippen molar-refractivity contribution in [2.45, 2.75) is 104 Å². The first-order valence-electron chi connectivity index (χ1n) is 9.73. The van der Waals surface area contributed by atoms with Crippen LogP contribution in [0.5, 0.6) is 0 Å². The molecule has 0 aromatic heterocycles. The van der Waals surface area contributed by atoms with Crippen LogP contribution in [0.4, 0.5) is 0 Å². The Morgan fingerprint density at radius 3 is 1.68 bits per heavy atom. The highest BCUT2D eigenvalue weighted by atomic mass is 16.7. The lowest BCUT2D eigenvalue weighted by molar-refractivity contribution is -0.139. The monoisotopic (exact) mass is 312 g/mol. The van der Waals surface area contributed by atoms with E-state index in [2.05, 4.69) is 19.1 Å². The molecule has 0 aromatic carbocycles.